The fraction of sp³-hybridized carbons (Fsp3) is 0.667. The van der Waals surface area contributed by atoms with Crippen LogP contribution in [0.25, 0.3) is 0 Å². The van der Waals surface area contributed by atoms with Gasteiger partial charge in [0.1, 0.15) is 0 Å². The second kappa shape index (κ2) is 5.49. The number of nitriles is 1. The van der Waals surface area contributed by atoms with E-state index in [4.69, 9.17) is 5.26 Å². The van der Waals surface area contributed by atoms with Crippen LogP contribution in [0, 0.1) is 18.3 Å². The summed E-state index contributed by atoms with van der Waals surface area (Å²) in [5.41, 5.74) is 0. The third kappa shape index (κ3) is 5.49. The minimum absolute atomic E-state index is 0.690. The molecule has 0 aliphatic heterocycles. The van der Waals surface area contributed by atoms with Crippen molar-refractivity contribution in [1.29, 1.82) is 5.26 Å². The van der Waals surface area contributed by atoms with Crippen LogP contribution in [0.5, 0.6) is 0 Å². The van der Waals surface area contributed by atoms with E-state index in [1.807, 2.05) is 0 Å². The number of hydrogen-bond acceptors (Lipinski definition) is 1. The predicted octanol–water partition coefficient (Wildman–Crippen LogP) is 1.90. The van der Waals surface area contributed by atoms with Crippen LogP contribution in [-0.2, 0) is 0 Å². The molecule has 0 fully saturated rings. The maximum Gasteiger partial charge on any atom is 0.0621 e. The predicted molar refractivity (Wildman–Crippen MR) is 29.4 cm³/mol. The molecule has 0 aromatic rings. The lowest BCUT2D eigenvalue weighted by molar-refractivity contribution is 0.766. The average molecular weight is 96.2 g/mol. The standard InChI is InChI=1S/C6H10N/c1-2-3-4-5-6-7/h1-5H2. The molecule has 0 amide bonds. The molecule has 0 N–H and O–H groups in total. The average Bonchev–Trinajstić information content (AvgIpc) is 1.69. The van der Waals surface area contributed by atoms with Crippen molar-refractivity contribution in [2.45, 2.75) is 25.7 Å². The molecule has 1 nitrogen and oxygen atoms in total. The van der Waals surface area contributed by atoms with E-state index in [-0.39, 0.29) is 0 Å². The molecule has 1 radical (unpaired) electrons. The topological polar surface area (TPSA) is 23.8 Å². The van der Waals surface area contributed by atoms with Crippen LogP contribution in [-0.4, -0.2) is 0 Å². The van der Waals surface area contributed by atoms with Gasteiger partial charge in [-0.25, -0.2) is 0 Å². The van der Waals surface area contributed by atoms with Crippen LogP contribution in [0.2, 0.25) is 0 Å². The molecule has 7 heavy (non-hydrogen) atoms. The summed E-state index contributed by atoms with van der Waals surface area (Å²) >= 11 is 0. The Morgan fingerprint density at radius 1 is 1.43 bits per heavy atom. The van der Waals surface area contributed by atoms with Crippen LogP contribution in [0.3, 0.4) is 0 Å². The van der Waals surface area contributed by atoms with Gasteiger partial charge in [0, 0.05) is 6.42 Å². The van der Waals surface area contributed by atoms with E-state index in [0.29, 0.717) is 6.42 Å². The number of unbranched alkanes of at least 4 members (excludes halogenated alkanes) is 3. The van der Waals surface area contributed by atoms with E-state index in [9.17, 15) is 0 Å². The fourth-order valence-corrected chi connectivity index (χ4v) is 0.381. The van der Waals surface area contributed by atoms with Gasteiger partial charge < -0.3 is 0 Å². The summed E-state index contributed by atoms with van der Waals surface area (Å²) in [5, 5.41) is 8.02. The highest BCUT2D eigenvalue weighted by molar-refractivity contribution is 4.67. The van der Waals surface area contributed by atoms with Crippen LogP contribution in [0.4, 0.5) is 0 Å². The molecule has 0 spiro atoms. The molecule has 0 atom stereocenters. The van der Waals surface area contributed by atoms with Crippen LogP contribution in [0.15, 0.2) is 0 Å². The smallest absolute Gasteiger partial charge is 0.0621 e. The van der Waals surface area contributed by atoms with Gasteiger partial charge in [0.25, 0.3) is 0 Å². The Bertz CT molecular complexity index is 61.1. The Balaban J connectivity index is 2.60. The summed E-state index contributed by atoms with van der Waals surface area (Å²) in [4.78, 5) is 0. The zero-order valence-electron chi connectivity index (χ0n) is 4.48. The van der Waals surface area contributed by atoms with Crippen molar-refractivity contribution in [3.63, 3.8) is 0 Å². The van der Waals surface area contributed by atoms with Crippen molar-refractivity contribution in [2.24, 2.45) is 0 Å². The zero-order chi connectivity index (χ0) is 5.54. The molecule has 0 unspecified atom stereocenters. The molecule has 39 valence electrons. The second-order valence-electron chi connectivity index (χ2n) is 1.47. The summed E-state index contributed by atoms with van der Waals surface area (Å²) in [6.07, 6.45) is 3.75. The first-order chi connectivity index (χ1) is 3.41. The molecule has 0 aromatic heterocycles. The second-order valence-corrected chi connectivity index (χ2v) is 1.47. The zero-order valence-corrected chi connectivity index (χ0v) is 4.48. The van der Waals surface area contributed by atoms with E-state index in [1.54, 1.807) is 0 Å². The van der Waals surface area contributed by atoms with Crippen molar-refractivity contribution < 1.29 is 0 Å². The van der Waals surface area contributed by atoms with Gasteiger partial charge in [0.2, 0.25) is 0 Å². The van der Waals surface area contributed by atoms with E-state index < -0.39 is 0 Å². The monoisotopic (exact) mass is 96.1 g/mol. The molecule has 0 aliphatic carbocycles. The van der Waals surface area contributed by atoms with Gasteiger partial charge in [0.15, 0.2) is 0 Å². The molecule has 0 heterocycles. The van der Waals surface area contributed by atoms with Gasteiger partial charge in [-0.05, 0) is 6.42 Å². The first kappa shape index (κ1) is 6.49. The van der Waals surface area contributed by atoms with Gasteiger partial charge in [-0.3, -0.25) is 0 Å². The molecule has 0 bridgehead atoms. The highest BCUT2D eigenvalue weighted by Gasteiger charge is 1.79. The van der Waals surface area contributed by atoms with E-state index in [0.717, 1.165) is 19.3 Å². The highest BCUT2D eigenvalue weighted by Crippen LogP contribution is 1.95. The lowest BCUT2D eigenvalue weighted by atomic mass is 10.2. The molecule has 0 aromatic carbocycles. The molecule has 0 rings (SSSR count). The first-order valence-electron chi connectivity index (χ1n) is 2.58. The highest BCUT2D eigenvalue weighted by atomic mass is 14.2. The molecule has 0 saturated heterocycles. The molecular formula is C6H10N. The summed E-state index contributed by atoms with van der Waals surface area (Å²) in [5.74, 6) is 0. The fourth-order valence-electron chi connectivity index (χ4n) is 0.381. The number of rotatable bonds is 3. The summed E-state index contributed by atoms with van der Waals surface area (Å²) in [6, 6.07) is 2.07. The van der Waals surface area contributed by atoms with E-state index >= 15 is 0 Å². The van der Waals surface area contributed by atoms with Crippen molar-refractivity contribution in [2.75, 3.05) is 0 Å². The Morgan fingerprint density at radius 2 is 2.14 bits per heavy atom. The summed E-state index contributed by atoms with van der Waals surface area (Å²) in [7, 11) is 0. The van der Waals surface area contributed by atoms with Gasteiger partial charge in [-0.2, -0.15) is 5.26 Å². The largest absolute Gasteiger partial charge is 0.198 e. The molecular weight excluding hydrogens is 86.1 g/mol. The van der Waals surface area contributed by atoms with Gasteiger partial charge in [-0.1, -0.05) is 19.8 Å². The lowest BCUT2D eigenvalue weighted by Gasteiger charge is -1.84. The van der Waals surface area contributed by atoms with E-state index in [1.165, 1.54) is 0 Å². The van der Waals surface area contributed by atoms with Crippen LogP contribution < -0.4 is 0 Å². The summed E-state index contributed by atoms with van der Waals surface area (Å²) < 4.78 is 0. The van der Waals surface area contributed by atoms with Gasteiger partial charge >= 0.3 is 0 Å². The van der Waals surface area contributed by atoms with Gasteiger partial charge in [0.05, 0.1) is 6.07 Å². The maximum atomic E-state index is 8.02. The SMILES string of the molecule is [CH2]CCCCC#N. The molecule has 0 saturated carbocycles. The van der Waals surface area contributed by atoms with Crippen LogP contribution in [0.1, 0.15) is 25.7 Å². The van der Waals surface area contributed by atoms with E-state index in [2.05, 4.69) is 13.0 Å². The minimum Gasteiger partial charge on any atom is -0.198 e. The van der Waals surface area contributed by atoms with Crippen molar-refractivity contribution in [3.8, 4) is 6.07 Å². The quantitative estimate of drug-likeness (QED) is 0.492. The Labute approximate surface area is 45.0 Å². The molecule has 0 aliphatic rings. The number of hydrogen-bond donors (Lipinski definition) is 0. The Kier molecular flexibility index (Phi) is 5.09. The minimum atomic E-state index is 0.690. The summed E-state index contributed by atoms with van der Waals surface area (Å²) in [6.45, 7) is 3.65. The maximum absolute atomic E-state index is 8.02. The lowest BCUT2D eigenvalue weighted by Crippen LogP contribution is -1.68. The Hall–Kier alpha value is -0.510. The molecule has 1 heteroatoms. The Morgan fingerprint density at radius 3 is 2.57 bits per heavy atom. The third-order valence-electron chi connectivity index (χ3n) is 0.789. The first-order valence-corrected chi connectivity index (χ1v) is 2.58. The number of nitrogens with zero attached hydrogens (tertiary/aromatic N) is 1. The normalized spacial score (nSPS) is 8.00. The third-order valence-corrected chi connectivity index (χ3v) is 0.789. The van der Waals surface area contributed by atoms with Crippen molar-refractivity contribution in [3.05, 3.63) is 6.92 Å². The van der Waals surface area contributed by atoms with Crippen molar-refractivity contribution >= 4 is 0 Å². The van der Waals surface area contributed by atoms with Gasteiger partial charge in [-0.15, -0.1) is 0 Å². The van der Waals surface area contributed by atoms with Crippen molar-refractivity contribution in [1.82, 2.24) is 0 Å². The van der Waals surface area contributed by atoms with Crippen LogP contribution >= 0.6 is 0 Å².